The molecule has 0 amide bonds. The number of para-hydroxylation sites is 1. The minimum atomic E-state index is 0.451. The fourth-order valence-electron chi connectivity index (χ4n) is 1.68. The van der Waals surface area contributed by atoms with Crippen LogP contribution in [-0.2, 0) is 11.9 Å². The first-order valence-corrected chi connectivity index (χ1v) is 7.60. The van der Waals surface area contributed by atoms with E-state index in [1.165, 1.54) is 0 Å². The Morgan fingerprint density at radius 3 is 2.79 bits per heavy atom. The van der Waals surface area contributed by atoms with Crippen molar-refractivity contribution in [1.29, 1.82) is 0 Å². The van der Waals surface area contributed by atoms with Crippen molar-refractivity contribution in [3.8, 4) is 11.5 Å². The van der Waals surface area contributed by atoms with E-state index in [-0.39, 0.29) is 0 Å². The van der Waals surface area contributed by atoms with E-state index in [0.717, 1.165) is 32.4 Å². The minimum absolute atomic E-state index is 0.451. The molecule has 1 aromatic carbocycles. The second kappa shape index (κ2) is 6.91. The monoisotopic (exact) mass is 385 g/mol. The van der Waals surface area contributed by atoms with Crippen LogP contribution in [0.3, 0.4) is 0 Å². The summed E-state index contributed by atoms with van der Waals surface area (Å²) in [5.74, 6) is 1.50. The first kappa shape index (κ1) is 14.3. The molecule has 0 radical (unpaired) electrons. The Hall–Kier alpha value is -1.07. The van der Waals surface area contributed by atoms with Crippen LogP contribution in [0.1, 0.15) is 11.1 Å². The highest BCUT2D eigenvalue weighted by atomic mass is 79.9. The van der Waals surface area contributed by atoms with Crippen LogP contribution >= 0.6 is 31.9 Å². The van der Waals surface area contributed by atoms with Gasteiger partial charge < -0.3 is 9.47 Å². The molecule has 19 heavy (non-hydrogen) atoms. The van der Waals surface area contributed by atoms with Gasteiger partial charge in [0.05, 0.1) is 7.11 Å². The summed E-state index contributed by atoms with van der Waals surface area (Å²) in [6.45, 7) is 0.451. The van der Waals surface area contributed by atoms with Crippen molar-refractivity contribution in [2.24, 2.45) is 0 Å². The van der Waals surface area contributed by atoms with Crippen LogP contribution < -0.4 is 9.47 Å². The van der Waals surface area contributed by atoms with Crippen LogP contribution in [0, 0.1) is 0 Å². The smallest absolute Gasteiger partial charge is 0.165 e. The summed E-state index contributed by atoms with van der Waals surface area (Å²) in [5, 5.41) is 0.719. The Morgan fingerprint density at radius 2 is 2.11 bits per heavy atom. The third-order valence-electron chi connectivity index (χ3n) is 2.57. The van der Waals surface area contributed by atoms with E-state index in [1.807, 2.05) is 24.3 Å². The van der Waals surface area contributed by atoms with E-state index < -0.39 is 0 Å². The highest BCUT2D eigenvalue weighted by Crippen LogP contribution is 2.33. The molecule has 0 bridgehead atoms. The van der Waals surface area contributed by atoms with Gasteiger partial charge in [-0.15, -0.1) is 0 Å². The summed E-state index contributed by atoms with van der Waals surface area (Å²) in [6.07, 6.45) is 3.53. The Balaban J connectivity index is 2.19. The van der Waals surface area contributed by atoms with Crippen molar-refractivity contribution < 1.29 is 9.47 Å². The molecule has 0 unspecified atom stereocenters. The maximum Gasteiger partial charge on any atom is 0.165 e. The number of ether oxygens (including phenoxy) is 2. The molecular weight excluding hydrogens is 374 g/mol. The SMILES string of the molecule is COc1cccc(CBr)c1OCc1cncc(Br)c1. The van der Waals surface area contributed by atoms with Gasteiger partial charge in [0.25, 0.3) is 0 Å². The van der Waals surface area contributed by atoms with Crippen LogP contribution in [0.15, 0.2) is 41.1 Å². The highest BCUT2D eigenvalue weighted by Gasteiger charge is 2.10. The number of hydrogen-bond acceptors (Lipinski definition) is 3. The van der Waals surface area contributed by atoms with Crippen molar-refractivity contribution in [2.75, 3.05) is 7.11 Å². The van der Waals surface area contributed by atoms with Gasteiger partial charge in [-0.3, -0.25) is 4.98 Å². The summed E-state index contributed by atoms with van der Waals surface area (Å²) in [5.41, 5.74) is 2.06. The van der Waals surface area contributed by atoms with Crippen molar-refractivity contribution in [2.45, 2.75) is 11.9 Å². The van der Waals surface area contributed by atoms with E-state index in [2.05, 4.69) is 36.8 Å². The summed E-state index contributed by atoms with van der Waals surface area (Å²) in [4.78, 5) is 4.11. The number of benzene rings is 1. The molecule has 0 saturated carbocycles. The molecule has 0 N–H and O–H groups in total. The highest BCUT2D eigenvalue weighted by molar-refractivity contribution is 9.10. The van der Waals surface area contributed by atoms with Gasteiger partial charge in [-0.1, -0.05) is 28.1 Å². The van der Waals surface area contributed by atoms with Crippen molar-refractivity contribution in [1.82, 2.24) is 4.98 Å². The van der Waals surface area contributed by atoms with Gasteiger partial charge in [-0.25, -0.2) is 0 Å². The fraction of sp³-hybridized carbons (Fsp3) is 0.214. The van der Waals surface area contributed by atoms with E-state index in [1.54, 1.807) is 19.5 Å². The summed E-state index contributed by atoms with van der Waals surface area (Å²) in [7, 11) is 1.64. The van der Waals surface area contributed by atoms with Crippen molar-refractivity contribution in [3.63, 3.8) is 0 Å². The zero-order chi connectivity index (χ0) is 13.7. The van der Waals surface area contributed by atoms with Gasteiger partial charge in [0.1, 0.15) is 6.61 Å². The largest absolute Gasteiger partial charge is 0.493 e. The predicted molar refractivity (Wildman–Crippen MR) is 81.9 cm³/mol. The molecule has 0 spiro atoms. The molecule has 0 fully saturated rings. The number of hydrogen-bond donors (Lipinski definition) is 0. The first-order valence-electron chi connectivity index (χ1n) is 5.68. The summed E-state index contributed by atoms with van der Waals surface area (Å²) < 4.78 is 12.1. The molecular formula is C14H13Br2NO2. The van der Waals surface area contributed by atoms with E-state index in [9.17, 15) is 0 Å². The van der Waals surface area contributed by atoms with Crippen LogP contribution in [0.5, 0.6) is 11.5 Å². The predicted octanol–water partition coefficient (Wildman–Crippen LogP) is 4.33. The maximum absolute atomic E-state index is 5.88. The van der Waals surface area contributed by atoms with Crippen LogP contribution in [0.25, 0.3) is 0 Å². The standard InChI is InChI=1S/C14H13Br2NO2/c1-18-13-4-2-3-11(6-15)14(13)19-9-10-5-12(16)8-17-7-10/h2-5,7-8H,6,9H2,1H3. The van der Waals surface area contributed by atoms with Crippen molar-refractivity contribution in [3.05, 3.63) is 52.3 Å². The third-order valence-corrected chi connectivity index (χ3v) is 3.61. The lowest BCUT2D eigenvalue weighted by molar-refractivity contribution is 0.282. The van der Waals surface area contributed by atoms with Gasteiger partial charge in [0, 0.05) is 33.3 Å². The van der Waals surface area contributed by atoms with Gasteiger partial charge in [-0.05, 0) is 28.1 Å². The molecule has 2 rings (SSSR count). The Morgan fingerprint density at radius 1 is 1.26 bits per heavy atom. The molecule has 0 saturated heterocycles. The average molecular weight is 387 g/mol. The Labute approximate surface area is 129 Å². The second-order valence-electron chi connectivity index (χ2n) is 3.88. The minimum Gasteiger partial charge on any atom is -0.493 e. The number of alkyl halides is 1. The van der Waals surface area contributed by atoms with Gasteiger partial charge in [0.15, 0.2) is 11.5 Å². The molecule has 0 aliphatic carbocycles. The van der Waals surface area contributed by atoms with E-state index in [0.29, 0.717) is 6.61 Å². The lowest BCUT2D eigenvalue weighted by Gasteiger charge is -2.14. The molecule has 0 aliphatic rings. The first-order chi connectivity index (χ1) is 9.24. The molecule has 1 aromatic heterocycles. The van der Waals surface area contributed by atoms with E-state index >= 15 is 0 Å². The van der Waals surface area contributed by atoms with Gasteiger partial charge >= 0.3 is 0 Å². The second-order valence-corrected chi connectivity index (χ2v) is 5.36. The van der Waals surface area contributed by atoms with Crippen LogP contribution in [-0.4, -0.2) is 12.1 Å². The Bertz CT molecular complexity index is 539. The number of rotatable bonds is 5. The normalized spacial score (nSPS) is 10.3. The zero-order valence-corrected chi connectivity index (χ0v) is 13.6. The lowest BCUT2D eigenvalue weighted by atomic mass is 10.2. The number of nitrogens with zero attached hydrogens (tertiary/aromatic N) is 1. The van der Waals surface area contributed by atoms with Gasteiger partial charge in [-0.2, -0.15) is 0 Å². The number of aromatic nitrogens is 1. The number of methoxy groups -OCH3 is 1. The number of halogens is 2. The quantitative estimate of drug-likeness (QED) is 0.716. The molecule has 3 nitrogen and oxygen atoms in total. The lowest BCUT2D eigenvalue weighted by Crippen LogP contribution is -2.00. The topological polar surface area (TPSA) is 31.4 Å². The molecule has 1 heterocycles. The fourth-order valence-corrected chi connectivity index (χ4v) is 2.54. The summed E-state index contributed by atoms with van der Waals surface area (Å²) >= 11 is 6.85. The molecule has 100 valence electrons. The van der Waals surface area contributed by atoms with Gasteiger partial charge in [0.2, 0.25) is 0 Å². The third kappa shape index (κ3) is 3.70. The molecule has 2 aromatic rings. The van der Waals surface area contributed by atoms with Crippen LogP contribution in [0.2, 0.25) is 0 Å². The molecule has 0 aliphatic heterocycles. The molecule has 5 heteroatoms. The van der Waals surface area contributed by atoms with Crippen molar-refractivity contribution >= 4 is 31.9 Å². The summed E-state index contributed by atoms with van der Waals surface area (Å²) in [6, 6.07) is 7.82. The van der Waals surface area contributed by atoms with Crippen LogP contribution in [0.4, 0.5) is 0 Å². The zero-order valence-electron chi connectivity index (χ0n) is 10.4. The maximum atomic E-state index is 5.88. The molecule has 0 atom stereocenters. The van der Waals surface area contributed by atoms with E-state index in [4.69, 9.17) is 9.47 Å². The number of pyridine rings is 1. The Kier molecular flexibility index (Phi) is 5.22. The average Bonchev–Trinajstić information content (AvgIpc) is 2.44.